The second-order valence-electron chi connectivity index (χ2n) is 9.35. The van der Waals surface area contributed by atoms with Crippen LogP contribution in [0.1, 0.15) is 44.5 Å². The molecule has 0 saturated carbocycles. The van der Waals surface area contributed by atoms with Gasteiger partial charge in [-0.3, -0.25) is 4.57 Å². The summed E-state index contributed by atoms with van der Waals surface area (Å²) in [5.41, 5.74) is 8.49. The molecular weight excluding hydrogens is 502 g/mol. The molecule has 1 aliphatic heterocycles. The Morgan fingerprint density at radius 2 is 1.64 bits per heavy atom. The highest BCUT2D eigenvalue weighted by Gasteiger charge is 2.40. The number of nitrogens with zero attached hydrogens (tertiary/aromatic N) is 2. The number of aromatic nitrogens is 2. The van der Waals surface area contributed by atoms with Crippen LogP contribution in [0.4, 0.5) is 5.82 Å². The van der Waals surface area contributed by atoms with Crippen molar-refractivity contribution < 1.29 is 28.2 Å². The normalized spacial score (nSPS) is 18.6. The van der Waals surface area contributed by atoms with Gasteiger partial charge in [0, 0.05) is 12.6 Å². The summed E-state index contributed by atoms with van der Waals surface area (Å²) >= 11 is 0. The fourth-order valence-corrected chi connectivity index (χ4v) is 4.28. The quantitative estimate of drug-likeness (QED) is 0.351. The lowest BCUT2D eigenvalue weighted by Gasteiger charge is -2.19. The number of aryl methyl sites for hydroxylation is 2. The molecule has 10 heteroatoms. The molecule has 5 rings (SSSR count). The monoisotopic (exact) mass is 529 g/mol. The summed E-state index contributed by atoms with van der Waals surface area (Å²) in [7, 11) is 0. The topological polar surface area (TPSA) is 136 Å². The van der Waals surface area contributed by atoms with Gasteiger partial charge in [-0.2, -0.15) is 4.98 Å². The molecule has 2 N–H and O–H groups in total. The number of hydrogen-bond donors (Lipinski definition) is 1. The van der Waals surface area contributed by atoms with E-state index in [0.29, 0.717) is 22.5 Å². The number of carbonyl (C=O) groups excluding carboxylic acids is 2. The van der Waals surface area contributed by atoms with E-state index >= 15 is 0 Å². The number of carbonyl (C=O) groups is 2. The van der Waals surface area contributed by atoms with Crippen molar-refractivity contribution in [2.45, 2.75) is 38.7 Å². The minimum Gasteiger partial charge on any atom is -0.464 e. The predicted octanol–water partition coefficient (Wildman–Crippen LogP) is 4.07. The van der Waals surface area contributed by atoms with Crippen LogP contribution in [0.3, 0.4) is 0 Å². The zero-order valence-electron chi connectivity index (χ0n) is 21.4. The number of nitrogens with two attached hydrogens (primary N) is 1. The Bertz CT molecular complexity index is 1530. The number of furan rings is 1. The standard InChI is InChI=1S/C29H27N3O7/c1-17-5-9-19(10-6-17)27(33)37-16-24-23(39-28(34)20-11-7-18(2)8-12-20)14-25(38-24)32-15-21(22-4-3-13-36-22)26(30)31-29(32)35/h3-13,15,23-25H,14,16H2,1-2H3,(H2,30,31,35)/t23?,24-,25?/m0/s1. The molecule has 3 heterocycles. The number of benzene rings is 2. The summed E-state index contributed by atoms with van der Waals surface area (Å²) in [5, 5.41) is 0. The second kappa shape index (κ2) is 11.0. The van der Waals surface area contributed by atoms with Crippen LogP contribution in [0.25, 0.3) is 11.3 Å². The van der Waals surface area contributed by atoms with Crippen molar-refractivity contribution in [3.05, 3.63) is 106 Å². The Labute approximate surface area is 223 Å². The fraction of sp³-hybridized carbons (Fsp3) is 0.241. The zero-order valence-corrected chi connectivity index (χ0v) is 21.4. The van der Waals surface area contributed by atoms with Crippen LogP contribution in [-0.4, -0.2) is 40.3 Å². The van der Waals surface area contributed by atoms with Crippen LogP contribution in [-0.2, 0) is 14.2 Å². The van der Waals surface area contributed by atoms with E-state index in [9.17, 15) is 14.4 Å². The smallest absolute Gasteiger partial charge is 0.351 e. The molecule has 1 aliphatic rings. The van der Waals surface area contributed by atoms with Gasteiger partial charge in [0.2, 0.25) is 0 Å². The van der Waals surface area contributed by atoms with E-state index in [4.69, 9.17) is 24.4 Å². The molecule has 2 aromatic heterocycles. The molecule has 1 fully saturated rings. The SMILES string of the molecule is Cc1ccc(C(=O)OC[C@@H]2OC(n3cc(-c4ccco4)c(N)nc3=O)CC2OC(=O)c2ccc(C)cc2)cc1. The molecule has 2 unspecified atom stereocenters. The molecule has 10 nitrogen and oxygen atoms in total. The number of ether oxygens (including phenoxy) is 3. The van der Waals surface area contributed by atoms with Crippen LogP contribution >= 0.6 is 0 Å². The molecular formula is C29H27N3O7. The van der Waals surface area contributed by atoms with Crippen molar-refractivity contribution in [2.75, 3.05) is 12.3 Å². The van der Waals surface area contributed by atoms with E-state index in [-0.39, 0.29) is 18.8 Å². The summed E-state index contributed by atoms with van der Waals surface area (Å²) in [4.78, 5) is 42.3. The van der Waals surface area contributed by atoms with Crippen LogP contribution in [0.5, 0.6) is 0 Å². The van der Waals surface area contributed by atoms with Gasteiger partial charge >= 0.3 is 17.6 Å². The van der Waals surface area contributed by atoms with Gasteiger partial charge < -0.3 is 24.4 Å². The predicted molar refractivity (Wildman–Crippen MR) is 141 cm³/mol. The first-order chi connectivity index (χ1) is 18.8. The minimum absolute atomic E-state index is 0.00937. The van der Waals surface area contributed by atoms with Crippen molar-refractivity contribution >= 4 is 17.8 Å². The molecule has 0 amide bonds. The van der Waals surface area contributed by atoms with Crippen molar-refractivity contribution in [1.29, 1.82) is 0 Å². The highest BCUT2D eigenvalue weighted by atomic mass is 16.6. The Balaban J connectivity index is 1.39. The van der Waals surface area contributed by atoms with Crippen LogP contribution in [0, 0.1) is 13.8 Å². The Kier molecular flexibility index (Phi) is 7.29. The Hall–Kier alpha value is -4.70. The van der Waals surface area contributed by atoms with Gasteiger partial charge in [0.15, 0.2) is 0 Å². The van der Waals surface area contributed by atoms with Crippen molar-refractivity contribution in [3.63, 3.8) is 0 Å². The first-order valence-electron chi connectivity index (χ1n) is 12.4. The molecule has 2 aromatic carbocycles. The Morgan fingerprint density at radius 3 is 2.26 bits per heavy atom. The van der Waals surface area contributed by atoms with Gasteiger partial charge in [0.25, 0.3) is 0 Å². The van der Waals surface area contributed by atoms with E-state index in [2.05, 4.69) is 4.98 Å². The molecule has 0 spiro atoms. The summed E-state index contributed by atoms with van der Waals surface area (Å²) in [6.45, 7) is 3.63. The van der Waals surface area contributed by atoms with Crippen molar-refractivity contribution in [1.82, 2.24) is 9.55 Å². The third kappa shape index (κ3) is 5.75. The van der Waals surface area contributed by atoms with Crippen molar-refractivity contribution in [3.8, 4) is 11.3 Å². The first kappa shape index (κ1) is 25.9. The highest BCUT2D eigenvalue weighted by Crippen LogP contribution is 2.33. The summed E-state index contributed by atoms with van der Waals surface area (Å²) in [5.74, 6) is -0.664. The van der Waals surface area contributed by atoms with E-state index < -0.39 is 36.1 Å². The fourth-order valence-electron chi connectivity index (χ4n) is 4.28. The maximum Gasteiger partial charge on any atom is 0.351 e. The average molecular weight is 530 g/mol. The molecule has 1 saturated heterocycles. The zero-order chi connectivity index (χ0) is 27.5. The highest BCUT2D eigenvalue weighted by molar-refractivity contribution is 5.90. The molecule has 3 atom stereocenters. The van der Waals surface area contributed by atoms with Crippen molar-refractivity contribution in [2.24, 2.45) is 0 Å². The van der Waals surface area contributed by atoms with Crippen LogP contribution in [0.15, 0.2) is 82.3 Å². The van der Waals surface area contributed by atoms with Gasteiger partial charge in [0.05, 0.1) is 23.0 Å². The van der Waals surface area contributed by atoms with Crippen LogP contribution in [0.2, 0.25) is 0 Å². The summed E-state index contributed by atoms with van der Waals surface area (Å²) < 4.78 is 24.1. The maximum atomic E-state index is 12.9. The van der Waals surface area contributed by atoms with Crippen LogP contribution < -0.4 is 11.4 Å². The lowest BCUT2D eigenvalue weighted by Crippen LogP contribution is -2.32. The van der Waals surface area contributed by atoms with E-state index in [1.54, 1.807) is 48.5 Å². The first-order valence-corrected chi connectivity index (χ1v) is 12.4. The third-order valence-corrected chi connectivity index (χ3v) is 6.47. The van der Waals surface area contributed by atoms with Gasteiger partial charge in [-0.25, -0.2) is 14.4 Å². The molecule has 0 bridgehead atoms. The van der Waals surface area contributed by atoms with Gasteiger partial charge in [-0.05, 0) is 50.2 Å². The molecule has 0 aliphatic carbocycles. The lowest BCUT2D eigenvalue weighted by atomic mass is 10.1. The van der Waals surface area contributed by atoms with Gasteiger partial charge in [0.1, 0.15) is 36.6 Å². The lowest BCUT2D eigenvalue weighted by molar-refractivity contribution is -0.0581. The molecule has 0 radical (unpaired) electrons. The number of hydrogen-bond acceptors (Lipinski definition) is 9. The minimum atomic E-state index is -0.863. The summed E-state index contributed by atoms with van der Waals surface area (Å²) in [6.07, 6.45) is 0.579. The van der Waals surface area contributed by atoms with E-state index in [1.807, 2.05) is 26.0 Å². The van der Waals surface area contributed by atoms with Gasteiger partial charge in [-0.15, -0.1) is 0 Å². The number of nitrogen functional groups attached to an aromatic ring is 1. The number of anilines is 1. The van der Waals surface area contributed by atoms with E-state index in [0.717, 1.165) is 11.1 Å². The third-order valence-electron chi connectivity index (χ3n) is 6.47. The molecule has 200 valence electrons. The molecule has 39 heavy (non-hydrogen) atoms. The number of rotatable bonds is 7. The molecule has 4 aromatic rings. The van der Waals surface area contributed by atoms with E-state index in [1.165, 1.54) is 17.0 Å². The largest absolute Gasteiger partial charge is 0.464 e. The number of esters is 2. The summed E-state index contributed by atoms with van der Waals surface area (Å²) in [6, 6.07) is 17.3. The Morgan fingerprint density at radius 1 is 1.00 bits per heavy atom. The maximum absolute atomic E-state index is 12.9. The van der Waals surface area contributed by atoms with Gasteiger partial charge in [-0.1, -0.05) is 35.4 Å². The average Bonchev–Trinajstić information content (AvgIpc) is 3.59. The second-order valence-corrected chi connectivity index (χ2v) is 9.35.